The number of hydrogen-bond donors (Lipinski definition) is 3. The highest BCUT2D eigenvalue weighted by molar-refractivity contribution is 5.86. The number of hydrogen-bond acceptors (Lipinski definition) is 4. The molecule has 6 heteroatoms. The first kappa shape index (κ1) is 13.6. The molecule has 3 N–H and O–H groups in total. The van der Waals surface area contributed by atoms with E-state index in [-0.39, 0.29) is 11.7 Å². The molecule has 104 valence electrons. The Morgan fingerprint density at radius 3 is 2.89 bits per heavy atom. The minimum atomic E-state index is -1.06. The van der Waals surface area contributed by atoms with Crippen LogP contribution in [0.3, 0.4) is 0 Å². The molecule has 1 aliphatic carbocycles. The van der Waals surface area contributed by atoms with Gasteiger partial charge in [0.15, 0.2) is 0 Å². The van der Waals surface area contributed by atoms with Crippen LogP contribution in [0, 0.1) is 0 Å². The van der Waals surface area contributed by atoms with Crippen LogP contribution in [0.25, 0.3) is 0 Å². The van der Waals surface area contributed by atoms with Crippen molar-refractivity contribution in [1.82, 2.24) is 10.6 Å². The maximum absolute atomic E-state index is 11.4. The summed E-state index contributed by atoms with van der Waals surface area (Å²) >= 11 is 0. The second kappa shape index (κ2) is 6.38. The van der Waals surface area contributed by atoms with Gasteiger partial charge in [0.2, 0.25) is 11.7 Å². The van der Waals surface area contributed by atoms with E-state index in [1.807, 2.05) is 0 Å². The fraction of sp³-hybridized carbons (Fsp3) is 0.538. The van der Waals surface area contributed by atoms with Crippen molar-refractivity contribution >= 4 is 11.9 Å². The van der Waals surface area contributed by atoms with E-state index < -0.39 is 5.97 Å². The molecular weight excluding hydrogens is 248 g/mol. The van der Waals surface area contributed by atoms with Crippen molar-refractivity contribution < 1.29 is 19.1 Å². The number of amides is 1. The second-order valence-electron chi connectivity index (χ2n) is 4.70. The predicted octanol–water partition coefficient (Wildman–Crippen LogP) is 1.13. The predicted molar refractivity (Wildman–Crippen MR) is 67.8 cm³/mol. The van der Waals surface area contributed by atoms with E-state index >= 15 is 0 Å². The third-order valence-electron chi connectivity index (χ3n) is 2.96. The number of rotatable bonds is 8. The molecule has 1 aromatic heterocycles. The number of nitrogens with one attached hydrogen (secondary N) is 2. The SMILES string of the molecule is O=C(CCCNCc1ccoc1C(=O)O)NC1CC1. The maximum Gasteiger partial charge on any atom is 0.372 e. The van der Waals surface area contributed by atoms with Gasteiger partial charge in [-0.15, -0.1) is 0 Å². The third-order valence-corrected chi connectivity index (χ3v) is 2.96. The lowest BCUT2D eigenvalue weighted by molar-refractivity contribution is -0.121. The van der Waals surface area contributed by atoms with E-state index in [4.69, 9.17) is 9.52 Å². The van der Waals surface area contributed by atoms with Crippen molar-refractivity contribution in [2.24, 2.45) is 0 Å². The number of furan rings is 1. The Kier molecular flexibility index (Phi) is 4.57. The van der Waals surface area contributed by atoms with E-state index in [0.29, 0.717) is 31.1 Å². The lowest BCUT2D eigenvalue weighted by atomic mass is 10.2. The van der Waals surface area contributed by atoms with Crippen LogP contribution in [0.5, 0.6) is 0 Å². The van der Waals surface area contributed by atoms with Gasteiger partial charge in [-0.25, -0.2) is 4.79 Å². The minimum Gasteiger partial charge on any atom is -0.475 e. The lowest BCUT2D eigenvalue weighted by Crippen LogP contribution is -2.26. The van der Waals surface area contributed by atoms with Crippen LogP contribution >= 0.6 is 0 Å². The van der Waals surface area contributed by atoms with Crippen molar-refractivity contribution in [2.45, 2.75) is 38.3 Å². The highest BCUT2D eigenvalue weighted by Gasteiger charge is 2.22. The van der Waals surface area contributed by atoms with E-state index in [1.165, 1.54) is 6.26 Å². The normalized spacial score (nSPS) is 14.3. The molecule has 0 aliphatic heterocycles. The Bertz CT molecular complexity index is 451. The van der Waals surface area contributed by atoms with Gasteiger partial charge in [0.25, 0.3) is 0 Å². The second-order valence-corrected chi connectivity index (χ2v) is 4.70. The lowest BCUT2D eigenvalue weighted by Gasteiger charge is -2.05. The number of aromatic carboxylic acids is 1. The van der Waals surface area contributed by atoms with Gasteiger partial charge < -0.3 is 20.2 Å². The maximum atomic E-state index is 11.4. The Morgan fingerprint density at radius 1 is 1.42 bits per heavy atom. The molecule has 1 saturated carbocycles. The van der Waals surface area contributed by atoms with Crippen LogP contribution in [0.1, 0.15) is 41.8 Å². The van der Waals surface area contributed by atoms with Crippen molar-refractivity contribution in [1.29, 1.82) is 0 Å². The molecule has 1 amide bonds. The third kappa shape index (κ3) is 4.40. The van der Waals surface area contributed by atoms with Gasteiger partial charge in [0.1, 0.15) is 0 Å². The molecule has 2 rings (SSSR count). The Morgan fingerprint density at radius 2 is 2.21 bits per heavy atom. The molecule has 0 aromatic carbocycles. The Hall–Kier alpha value is -1.82. The van der Waals surface area contributed by atoms with Gasteiger partial charge in [-0.2, -0.15) is 0 Å². The summed E-state index contributed by atoms with van der Waals surface area (Å²) in [5.41, 5.74) is 0.620. The van der Waals surface area contributed by atoms with Gasteiger partial charge in [-0.1, -0.05) is 0 Å². The molecule has 0 radical (unpaired) electrons. The first-order valence-electron chi connectivity index (χ1n) is 6.46. The van der Waals surface area contributed by atoms with Crippen molar-refractivity contribution in [3.05, 3.63) is 23.7 Å². The molecule has 0 saturated heterocycles. The van der Waals surface area contributed by atoms with E-state index in [2.05, 4.69) is 10.6 Å². The number of carboxylic acids is 1. The highest BCUT2D eigenvalue weighted by Crippen LogP contribution is 2.18. The molecule has 1 heterocycles. The largest absolute Gasteiger partial charge is 0.475 e. The molecule has 0 atom stereocenters. The number of carbonyl (C=O) groups is 2. The van der Waals surface area contributed by atoms with Gasteiger partial charge in [0, 0.05) is 24.6 Å². The first-order valence-corrected chi connectivity index (χ1v) is 6.46. The number of carboxylic acid groups (broad SMARTS) is 1. The molecule has 1 aromatic rings. The van der Waals surface area contributed by atoms with Crippen LogP contribution in [0.4, 0.5) is 0 Å². The average molecular weight is 266 g/mol. The summed E-state index contributed by atoms with van der Waals surface area (Å²) in [5.74, 6) is -0.997. The molecule has 0 bridgehead atoms. The van der Waals surface area contributed by atoms with Gasteiger partial charge in [-0.3, -0.25) is 4.79 Å². The molecule has 6 nitrogen and oxygen atoms in total. The standard InChI is InChI=1S/C13H18N2O4/c16-11(15-10-3-4-10)2-1-6-14-8-9-5-7-19-12(9)13(17)18/h5,7,10,14H,1-4,6,8H2,(H,15,16)(H,17,18). The summed E-state index contributed by atoms with van der Waals surface area (Å²) in [6.07, 6.45) is 4.80. The first-order chi connectivity index (χ1) is 9.16. The summed E-state index contributed by atoms with van der Waals surface area (Å²) in [7, 11) is 0. The van der Waals surface area contributed by atoms with E-state index in [0.717, 1.165) is 19.3 Å². The fourth-order valence-corrected chi connectivity index (χ4v) is 1.79. The summed E-state index contributed by atoms with van der Waals surface area (Å²) < 4.78 is 4.87. The average Bonchev–Trinajstić information content (AvgIpc) is 3.04. The van der Waals surface area contributed by atoms with Crippen LogP contribution in [-0.2, 0) is 11.3 Å². The molecule has 1 aliphatic rings. The Balaban J connectivity index is 1.59. The van der Waals surface area contributed by atoms with E-state index in [1.54, 1.807) is 6.07 Å². The molecule has 0 spiro atoms. The molecular formula is C13H18N2O4. The van der Waals surface area contributed by atoms with Crippen LogP contribution < -0.4 is 10.6 Å². The van der Waals surface area contributed by atoms with Crippen LogP contribution in [0.15, 0.2) is 16.7 Å². The van der Waals surface area contributed by atoms with Gasteiger partial charge in [-0.05, 0) is 31.9 Å². The van der Waals surface area contributed by atoms with Crippen molar-refractivity contribution in [3.63, 3.8) is 0 Å². The van der Waals surface area contributed by atoms with Gasteiger partial charge in [0.05, 0.1) is 6.26 Å². The summed E-state index contributed by atoms with van der Waals surface area (Å²) in [6, 6.07) is 2.04. The molecule has 19 heavy (non-hydrogen) atoms. The minimum absolute atomic E-state index is 0.0287. The summed E-state index contributed by atoms with van der Waals surface area (Å²) in [6.45, 7) is 1.10. The zero-order chi connectivity index (χ0) is 13.7. The topological polar surface area (TPSA) is 91.6 Å². The van der Waals surface area contributed by atoms with Crippen LogP contribution in [-0.4, -0.2) is 29.6 Å². The monoisotopic (exact) mass is 266 g/mol. The smallest absolute Gasteiger partial charge is 0.372 e. The summed E-state index contributed by atoms with van der Waals surface area (Å²) in [5, 5.41) is 14.9. The molecule has 0 unspecified atom stereocenters. The van der Waals surface area contributed by atoms with Crippen LogP contribution in [0.2, 0.25) is 0 Å². The zero-order valence-electron chi connectivity index (χ0n) is 10.6. The Labute approximate surface area is 111 Å². The quantitative estimate of drug-likeness (QED) is 0.613. The highest BCUT2D eigenvalue weighted by atomic mass is 16.4. The number of carbonyl (C=O) groups excluding carboxylic acids is 1. The summed E-state index contributed by atoms with van der Waals surface area (Å²) in [4.78, 5) is 22.2. The zero-order valence-corrected chi connectivity index (χ0v) is 10.6. The van der Waals surface area contributed by atoms with Gasteiger partial charge >= 0.3 is 5.97 Å². The van der Waals surface area contributed by atoms with E-state index in [9.17, 15) is 9.59 Å². The van der Waals surface area contributed by atoms with Crippen molar-refractivity contribution in [3.8, 4) is 0 Å². The van der Waals surface area contributed by atoms with Crippen molar-refractivity contribution in [2.75, 3.05) is 6.54 Å². The fourth-order valence-electron chi connectivity index (χ4n) is 1.79. The molecule has 1 fully saturated rings.